The van der Waals surface area contributed by atoms with Gasteiger partial charge in [0.1, 0.15) is 0 Å². The van der Waals surface area contributed by atoms with Crippen molar-refractivity contribution >= 4 is 33.0 Å². The molecule has 1 nitrogen and oxygen atoms in total. The lowest BCUT2D eigenvalue weighted by Crippen LogP contribution is -2.00. The van der Waals surface area contributed by atoms with E-state index < -0.39 is 0 Å². The average Bonchev–Trinajstić information content (AvgIpc) is 2.77. The van der Waals surface area contributed by atoms with Crippen LogP contribution >= 0.6 is 22.9 Å². The lowest BCUT2D eigenvalue weighted by Gasteiger charge is -2.04. The van der Waals surface area contributed by atoms with E-state index in [1.807, 2.05) is 0 Å². The molecule has 1 aromatic carbocycles. The number of fused-ring (bicyclic) bond motifs is 1. The van der Waals surface area contributed by atoms with Crippen molar-refractivity contribution in [3.63, 3.8) is 0 Å². The van der Waals surface area contributed by atoms with Crippen molar-refractivity contribution in [2.75, 3.05) is 19.1 Å². The Hall–Kier alpha value is -0.570. The summed E-state index contributed by atoms with van der Waals surface area (Å²) in [5.74, 6) is 0.681. The zero-order chi connectivity index (χ0) is 11.2. The fourth-order valence-electron chi connectivity index (χ4n) is 1.72. The van der Waals surface area contributed by atoms with Gasteiger partial charge in [0.05, 0.1) is 6.61 Å². The molecular weight excluding hydrogens is 240 g/mol. The highest BCUT2D eigenvalue weighted by atomic mass is 35.5. The Labute approximate surface area is 105 Å². The Morgan fingerprint density at radius 3 is 3.00 bits per heavy atom. The molecular formula is C13H15ClOS. The molecule has 0 saturated heterocycles. The van der Waals surface area contributed by atoms with E-state index in [9.17, 15) is 0 Å². The molecule has 0 fully saturated rings. The summed E-state index contributed by atoms with van der Waals surface area (Å²) in [5.41, 5.74) is 1.38. The highest BCUT2D eigenvalue weighted by Gasteiger charge is 2.01. The van der Waals surface area contributed by atoms with Crippen LogP contribution in [0.1, 0.15) is 12.0 Å². The van der Waals surface area contributed by atoms with Gasteiger partial charge in [-0.2, -0.15) is 0 Å². The van der Waals surface area contributed by atoms with Gasteiger partial charge in [-0.3, -0.25) is 0 Å². The second-order valence-corrected chi connectivity index (χ2v) is 4.98. The van der Waals surface area contributed by atoms with Crippen molar-refractivity contribution in [2.24, 2.45) is 0 Å². The number of benzene rings is 1. The Balaban J connectivity index is 1.91. The van der Waals surface area contributed by atoms with Gasteiger partial charge in [-0.1, -0.05) is 12.1 Å². The third kappa shape index (κ3) is 2.97. The van der Waals surface area contributed by atoms with Crippen molar-refractivity contribution in [1.29, 1.82) is 0 Å². The van der Waals surface area contributed by atoms with Crippen LogP contribution in [0.4, 0.5) is 0 Å². The van der Waals surface area contributed by atoms with E-state index in [2.05, 4.69) is 29.6 Å². The van der Waals surface area contributed by atoms with Crippen LogP contribution in [0.3, 0.4) is 0 Å². The molecule has 3 heteroatoms. The van der Waals surface area contributed by atoms with Gasteiger partial charge >= 0.3 is 0 Å². The van der Waals surface area contributed by atoms with E-state index in [1.54, 1.807) is 11.3 Å². The van der Waals surface area contributed by atoms with Gasteiger partial charge in [0.15, 0.2) is 0 Å². The van der Waals surface area contributed by atoms with Gasteiger partial charge < -0.3 is 4.74 Å². The standard InChI is InChI=1S/C13H15ClOS/c14-7-2-8-15-9-5-11-3-1-4-13-12(11)6-10-16-13/h1,3-4,6,10H,2,5,7-9H2. The predicted octanol–water partition coefficient (Wildman–Crippen LogP) is 4.09. The van der Waals surface area contributed by atoms with Crippen LogP contribution in [-0.2, 0) is 11.2 Å². The quantitative estimate of drug-likeness (QED) is 0.557. The largest absolute Gasteiger partial charge is 0.381 e. The monoisotopic (exact) mass is 254 g/mol. The van der Waals surface area contributed by atoms with Crippen LogP contribution in [-0.4, -0.2) is 19.1 Å². The second kappa shape index (κ2) is 6.24. The summed E-state index contributed by atoms with van der Waals surface area (Å²) in [6, 6.07) is 8.65. The van der Waals surface area contributed by atoms with Gasteiger partial charge in [0.25, 0.3) is 0 Å². The highest BCUT2D eigenvalue weighted by molar-refractivity contribution is 7.17. The third-order valence-electron chi connectivity index (χ3n) is 2.52. The summed E-state index contributed by atoms with van der Waals surface area (Å²) in [6.45, 7) is 1.55. The van der Waals surface area contributed by atoms with Crippen LogP contribution in [0.2, 0.25) is 0 Å². The topological polar surface area (TPSA) is 9.23 Å². The maximum absolute atomic E-state index is 5.58. The van der Waals surface area contributed by atoms with Gasteiger partial charge in [-0.25, -0.2) is 0 Å². The molecule has 0 unspecified atom stereocenters. The van der Waals surface area contributed by atoms with Crippen LogP contribution in [0.15, 0.2) is 29.6 Å². The Kier molecular flexibility index (Phi) is 4.64. The number of hydrogen-bond donors (Lipinski definition) is 0. The molecule has 0 N–H and O–H groups in total. The summed E-state index contributed by atoms with van der Waals surface area (Å²) in [6.07, 6.45) is 1.92. The first-order valence-corrected chi connectivity index (χ1v) is 6.92. The molecule has 0 aliphatic heterocycles. The Morgan fingerprint density at radius 2 is 2.12 bits per heavy atom. The molecule has 2 aromatic rings. The Morgan fingerprint density at radius 1 is 1.19 bits per heavy atom. The molecule has 0 bridgehead atoms. The molecule has 16 heavy (non-hydrogen) atoms. The van der Waals surface area contributed by atoms with Crippen molar-refractivity contribution in [3.8, 4) is 0 Å². The summed E-state index contributed by atoms with van der Waals surface area (Å²) in [7, 11) is 0. The number of alkyl halides is 1. The normalized spacial score (nSPS) is 11.1. The summed E-state index contributed by atoms with van der Waals surface area (Å²) >= 11 is 7.37. The fourth-order valence-corrected chi connectivity index (χ4v) is 2.66. The summed E-state index contributed by atoms with van der Waals surface area (Å²) in [5, 5.41) is 3.51. The van der Waals surface area contributed by atoms with Crippen LogP contribution in [0, 0.1) is 0 Å². The maximum Gasteiger partial charge on any atom is 0.0506 e. The molecule has 0 saturated carbocycles. The predicted molar refractivity (Wildman–Crippen MR) is 71.7 cm³/mol. The first-order valence-electron chi connectivity index (χ1n) is 5.50. The van der Waals surface area contributed by atoms with Crippen molar-refractivity contribution < 1.29 is 4.74 Å². The van der Waals surface area contributed by atoms with Crippen LogP contribution in [0.5, 0.6) is 0 Å². The minimum absolute atomic E-state index is 0.681. The minimum Gasteiger partial charge on any atom is -0.381 e. The molecule has 0 spiro atoms. The zero-order valence-electron chi connectivity index (χ0n) is 9.12. The molecule has 0 atom stereocenters. The average molecular weight is 255 g/mol. The van der Waals surface area contributed by atoms with Crippen LogP contribution < -0.4 is 0 Å². The lowest BCUT2D eigenvalue weighted by molar-refractivity contribution is 0.138. The van der Waals surface area contributed by atoms with Crippen molar-refractivity contribution in [1.82, 2.24) is 0 Å². The molecule has 0 radical (unpaired) electrons. The van der Waals surface area contributed by atoms with Crippen LogP contribution in [0.25, 0.3) is 10.1 Å². The Bertz CT molecular complexity index is 438. The second-order valence-electron chi connectivity index (χ2n) is 3.65. The van der Waals surface area contributed by atoms with Crippen molar-refractivity contribution in [3.05, 3.63) is 35.2 Å². The number of halogens is 1. The van der Waals surface area contributed by atoms with Gasteiger partial charge in [0, 0.05) is 17.2 Å². The first kappa shape index (κ1) is 11.9. The number of ether oxygens (including phenoxy) is 1. The molecule has 0 aliphatic carbocycles. The van der Waals surface area contributed by atoms with E-state index in [0.29, 0.717) is 5.88 Å². The SMILES string of the molecule is ClCCCOCCc1cccc2sccc12. The highest BCUT2D eigenvalue weighted by Crippen LogP contribution is 2.24. The van der Waals surface area contributed by atoms with Gasteiger partial charge in [-0.05, 0) is 41.3 Å². The first-order chi connectivity index (χ1) is 7.92. The maximum atomic E-state index is 5.58. The summed E-state index contributed by atoms with van der Waals surface area (Å²) in [4.78, 5) is 0. The van der Waals surface area contributed by atoms with E-state index >= 15 is 0 Å². The number of thiophene rings is 1. The van der Waals surface area contributed by atoms with Crippen molar-refractivity contribution in [2.45, 2.75) is 12.8 Å². The molecule has 1 aromatic heterocycles. The molecule has 86 valence electrons. The summed E-state index contributed by atoms with van der Waals surface area (Å²) < 4.78 is 6.88. The van der Waals surface area contributed by atoms with E-state index in [1.165, 1.54) is 15.6 Å². The van der Waals surface area contributed by atoms with E-state index in [-0.39, 0.29) is 0 Å². The molecule has 0 aliphatic rings. The smallest absolute Gasteiger partial charge is 0.0506 e. The third-order valence-corrected chi connectivity index (χ3v) is 3.67. The minimum atomic E-state index is 0.681. The van der Waals surface area contributed by atoms with E-state index in [4.69, 9.17) is 16.3 Å². The van der Waals surface area contributed by atoms with Gasteiger partial charge in [-0.15, -0.1) is 22.9 Å². The fraction of sp³-hybridized carbons (Fsp3) is 0.385. The number of hydrogen-bond acceptors (Lipinski definition) is 2. The molecule has 0 amide bonds. The molecule has 1 heterocycles. The number of rotatable bonds is 6. The molecule has 2 rings (SSSR count). The zero-order valence-corrected chi connectivity index (χ0v) is 10.7. The lowest BCUT2D eigenvalue weighted by atomic mass is 10.1. The van der Waals surface area contributed by atoms with Gasteiger partial charge in [0.2, 0.25) is 0 Å². The van der Waals surface area contributed by atoms with E-state index in [0.717, 1.165) is 26.1 Å².